The van der Waals surface area contributed by atoms with Gasteiger partial charge in [-0.3, -0.25) is 9.89 Å². The van der Waals surface area contributed by atoms with Crippen molar-refractivity contribution in [2.24, 2.45) is 0 Å². The first-order valence-corrected chi connectivity index (χ1v) is 5.90. The molecule has 0 aliphatic carbocycles. The third-order valence-electron chi connectivity index (χ3n) is 2.86. The van der Waals surface area contributed by atoms with Gasteiger partial charge < -0.3 is 10.0 Å². The number of aliphatic hydroxyl groups is 1. The van der Waals surface area contributed by atoms with Crippen molar-refractivity contribution in [3.63, 3.8) is 0 Å². The summed E-state index contributed by atoms with van der Waals surface area (Å²) >= 11 is 0. The number of nitrogens with zero attached hydrogens (tertiary/aromatic N) is 2. The number of aliphatic hydroxyl groups excluding tert-OH is 1. The van der Waals surface area contributed by atoms with Crippen molar-refractivity contribution in [1.82, 2.24) is 15.1 Å². The number of amides is 1. The molecule has 0 aliphatic heterocycles. The largest absolute Gasteiger partial charge is 0.395 e. The van der Waals surface area contributed by atoms with Crippen LogP contribution in [0.15, 0.2) is 24.4 Å². The van der Waals surface area contributed by atoms with E-state index < -0.39 is 17.5 Å². The minimum Gasteiger partial charge on any atom is -0.395 e. The van der Waals surface area contributed by atoms with Crippen LogP contribution in [0.1, 0.15) is 10.4 Å². The van der Waals surface area contributed by atoms with E-state index in [2.05, 4.69) is 10.2 Å². The van der Waals surface area contributed by atoms with Crippen molar-refractivity contribution in [1.29, 1.82) is 0 Å². The van der Waals surface area contributed by atoms with E-state index in [1.807, 2.05) is 0 Å². The second-order valence-corrected chi connectivity index (χ2v) is 4.21. The first-order chi connectivity index (χ1) is 9.56. The standard InChI is InChI=1S/C13H13F2N3O2/c1-18(5-6-19)13(20)8-7-16-17-12(8)11-9(14)3-2-4-10(11)15/h2-4,7,19H,5-6H2,1H3,(H,16,17). The molecule has 7 heteroatoms. The Morgan fingerprint density at radius 1 is 1.40 bits per heavy atom. The van der Waals surface area contributed by atoms with Crippen molar-refractivity contribution in [3.05, 3.63) is 41.6 Å². The molecule has 0 radical (unpaired) electrons. The molecule has 5 nitrogen and oxygen atoms in total. The molecule has 0 atom stereocenters. The number of aromatic nitrogens is 2. The summed E-state index contributed by atoms with van der Waals surface area (Å²) in [6.45, 7) is -0.0906. The number of H-pyrrole nitrogens is 1. The third kappa shape index (κ3) is 2.53. The first-order valence-electron chi connectivity index (χ1n) is 5.90. The number of carbonyl (C=O) groups is 1. The van der Waals surface area contributed by atoms with Crippen LogP contribution in [-0.4, -0.2) is 46.3 Å². The maximum Gasteiger partial charge on any atom is 0.257 e. The number of nitrogens with one attached hydrogen (secondary N) is 1. The Balaban J connectivity index is 2.46. The lowest BCUT2D eigenvalue weighted by molar-refractivity contribution is 0.0768. The van der Waals surface area contributed by atoms with E-state index >= 15 is 0 Å². The highest BCUT2D eigenvalue weighted by atomic mass is 19.1. The maximum absolute atomic E-state index is 13.8. The third-order valence-corrected chi connectivity index (χ3v) is 2.86. The van der Waals surface area contributed by atoms with Gasteiger partial charge in [-0.1, -0.05) is 6.07 Å². The summed E-state index contributed by atoms with van der Waals surface area (Å²) in [7, 11) is 1.48. The van der Waals surface area contributed by atoms with Crippen LogP contribution in [0.3, 0.4) is 0 Å². The zero-order valence-corrected chi connectivity index (χ0v) is 10.7. The number of hydrogen-bond acceptors (Lipinski definition) is 3. The topological polar surface area (TPSA) is 69.2 Å². The second kappa shape index (κ2) is 5.79. The summed E-state index contributed by atoms with van der Waals surface area (Å²) in [6.07, 6.45) is 1.21. The molecule has 106 valence electrons. The van der Waals surface area contributed by atoms with E-state index in [-0.39, 0.29) is 30.0 Å². The van der Waals surface area contributed by atoms with Gasteiger partial charge in [-0.15, -0.1) is 0 Å². The SMILES string of the molecule is CN(CCO)C(=O)c1cn[nH]c1-c1c(F)cccc1F. The highest BCUT2D eigenvalue weighted by Crippen LogP contribution is 2.27. The number of halogens is 2. The Hall–Kier alpha value is -2.28. The molecule has 1 aromatic heterocycles. The minimum atomic E-state index is -0.784. The van der Waals surface area contributed by atoms with E-state index in [1.54, 1.807) is 0 Å². The van der Waals surface area contributed by atoms with Crippen molar-refractivity contribution < 1.29 is 18.7 Å². The number of aromatic amines is 1. The maximum atomic E-state index is 13.8. The average molecular weight is 281 g/mol. The first kappa shape index (κ1) is 14.1. The molecule has 0 spiro atoms. The van der Waals surface area contributed by atoms with Gasteiger partial charge in [0.05, 0.1) is 29.6 Å². The number of rotatable bonds is 4. The Labute approximate surface area is 113 Å². The summed E-state index contributed by atoms with van der Waals surface area (Å²) in [4.78, 5) is 13.4. The van der Waals surface area contributed by atoms with E-state index in [0.717, 1.165) is 12.1 Å². The van der Waals surface area contributed by atoms with Gasteiger partial charge in [0, 0.05) is 13.6 Å². The molecule has 0 unspecified atom stereocenters. The fourth-order valence-corrected chi connectivity index (χ4v) is 1.83. The monoisotopic (exact) mass is 281 g/mol. The quantitative estimate of drug-likeness (QED) is 0.890. The molecule has 0 aliphatic rings. The van der Waals surface area contributed by atoms with Crippen LogP contribution in [-0.2, 0) is 0 Å². The zero-order chi connectivity index (χ0) is 14.7. The molecule has 0 fully saturated rings. The summed E-state index contributed by atoms with van der Waals surface area (Å²) in [5.41, 5.74) is -0.300. The molecular weight excluding hydrogens is 268 g/mol. The van der Waals surface area contributed by atoms with Gasteiger partial charge in [-0.05, 0) is 12.1 Å². The summed E-state index contributed by atoms with van der Waals surface area (Å²) in [5, 5.41) is 14.9. The van der Waals surface area contributed by atoms with Gasteiger partial charge in [0.25, 0.3) is 5.91 Å². The number of benzene rings is 1. The predicted molar refractivity (Wildman–Crippen MR) is 68.0 cm³/mol. The van der Waals surface area contributed by atoms with Crippen LogP contribution in [0.25, 0.3) is 11.3 Å². The van der Waals surface area contributed by atoms with E-state index in [1.165, 1.54) is 24.2 Å². The Kier molecular flexibility index (Phi) is 4.09. The Morgan fingerprint density at radius 2 is 2.05 bits per heavy atom. The lowest BCUT2D eigenvalue weighted by atomic mass is 10.1. The van der Waals surface area contributed by atoms with E-state index in [0.29, 0.717) is 0 Å². The number of hydrogen-bond donors (Lipinski definition) is 2. The molecule has 2 N–H and O–H groups in total. The Bertz CT molecular complexity index is 608. The molecule has 1 amide bonds. The highest BCUT2D eigenvalue weighted by molar-refractivity contribution is 5.99. The van der Waals surface area contributed by atoms with Gasteiger partial charge >= 0.3 is 0 Å². The van der Waals surface area contributed by atoms with E-state index in [9.17, 15) is 13.6 Å². The summed E-state index contributed by atoms with van der Waals surface area (Å²) < 4.78 is 27.5. The molecule has 0 bridgehead atoms. The van der Waals surface area contributed by atoms with Crippen molar-refractivity contribution in [3.8, 4) is 11.3 Å². The molecule has 2 rings (SSSR count). The molecular formula is C13H13F2N3O2. The highest BCUT2D eigenvalue weighted by Gasteiger charge is 2.22. The van der Waals surface area contributed by atoms with Gasteiger partial charge in [0.1, 0.15) is 11.6 Å². The van der Waals surface area contributed by atoms with Crippen LogP contribution in [0.4, 0.5) is 8.78 Å². The average Bonchev–Trinajstić information content (AvgIpc) is 2.87. The van der Waals surface area contributed by atoms with Gasteiger partial charge in [0.2, 0.25) is 0 Å². The normalized spacial score (nSPS) is 10.6. The van der Waals surface area contributed by atoms with Gasteiger partial charge in [-0.2, -0.15) is 5.10 Å². The van der Waals surface area contributed by atoms with Crippen LogP contribution in [0.2, 0.25) is 0 Å². The van der Waals surface area contributed by atoms with Gasteiger partial charge in [0.15, 0.2) is 0 Å². The van der Waals surface area contributed by atoms with Crippen LogP contribution in [0, 0.1) is 11.6 Å². The van der Waals surface area contributed by atoms with Crippen LogP contribution >= 0.6 is 0 Å². The van der Waals surface area contributed by atoms with Crippen molar-refractivity contribution in [2.45, 2.75) is 0 Å². The fourth-order valence-electron chi connectivity index (χ4n) is 1.83. The fraction of sp³-hybridized carbons (Fsp3) is 0.231. The smallest absolute Gasteiger partial charge is 0.257 e. The molecule has 0 saturated carbocycles. The molecule has 0 saturated heterocycles. The molecule has 20 heavy (non-hydrogen) atoms. The lowest BCUT2D eigenvalue weighted by Crippen LogP contribution is -2.29. The number of carbonyl (C=O) groups excluding carboxylic acids is 1. The molecule has 1 heterocycles. The van der Waals surface area contributed by atoms with Crippen molar-refractivity contribution >= 4 is 5.91 Å². The number of likely N-dealkylation sites (N-methyl/N-ethyl adjacent to an activating group) is 1. The summed E-state index contributed by atoms with van der Waals surface area (Å²) in [5.74, 6) is -2.05. The lowest BCUT2D eigenvalue weighted by Gasteiger charge is -2.15. The Morgan fingerprint density at radius 3 is 2.65 bits per heavy atom. The van der Waals surface area contributed by atoms with Crippen LogP contribution < -0.4 is 0 Å². The predicted octanol–water partition coefficient (Wildman–Crippen LogP) is 1.42. The van der Waals surface area contributed by atoms with Gasteiger partial charge in [-0.25, -0.2) is 8.78 Å². The molecule has 2 aromatic rings. The molecule has 1 aromatic carbocycles. The zero-order valence-electron chi connectivity index (χ0n) is 10.7. The second-order valence-electron chi connectivity index (χ2n) is 4.21. The van der Waals surface area contributed by atoms with Crippen LogP contribution in [0.5, 0.6) is 0 Å². The minimum absolute atomic E-state index is 0.0182. The van der Waals surface area contributed by atoms with E-state index in [4.69, 9.17) is 5.11 Å². The van der Waals surface area contributed by atoms with Crippen molar-refractivity contribution in [2.75, 3.05) is 20.2 Å². The summed E-state index contributed by atoms with van der Waals surface area (Å²) in [6, 6.07) is 3.44.